The van der Waals surface area contributed by atoms with E-state index in [2.05, 4.69) is 53.4 Å². The third kappa shape index (κ3) is 2.27. The second-order valence-electron chi connectivity index (χ2n) is 6.47. The second-order valence-corrected chi connectivity index (χ2v) is 6.47. The Hall–Kier alpha value is -1.96. The highest BCUT2D eigenvalue weighted by molar-refractivity contribution is 5.63. The summed E-state index contributed by atoms with van der Waals surface area (Å²) in [6.07, 6.45) is 5.23. The van der Waals surface area contributed by atoms with Crippen molar-refractivity contribution in [2.24, 2.45) is 0 Å². The van der Waals surface area contributed by atoms with E-state index in [4.69, 9.17) is 4.74 Å². The summed E-state index contributed by atoms with van der Waals surface area (Å²) in [5.41, 5.74) is 4.30. The van der Waals surface area contributed by atoms with Crippen molar-refractivity contribution in [3.05, 3.63) is 59.7 Å². The first-order valence-electron chi connectivity index (χ1n) is 8.36. The highest BCUT2D eigenvalue weighted by Crippen LogP contribution is 2.45. The quantitative estimate of drug-likeness (QED) is 0.803. The molecule has 2 heteroatoms. The van der Waals surface area contributed by atoms with Gasteiger partial charge in [-0.3, -0.25) is 0 Å². The van der Waals surface area contributed by atoms with Gasteiger partial charge in [-0.15, -0.1) is 0 Å². The number of hydrogen-bond acceptors (Lipinski definition) is 2. The zero-order chi connectivity index (χ0) is 14.9. The molecule has 2 nitrogen and oxygen atoms in total. The lowest BCUT2D eigenvalue weighted by Gasteiger charge is -2.45. The second kappa shape index (κ2) is 5.68. The van der Waals surface area contributed by atoms with Crippen LogP contribution in [0.15, 0.2) is 48.5 Å². The van der Waals surface area contributed by atoms with Crippen LogP contribution >= 0.6 is 0 Å². The minimum atomic E-state index is 0.515. The molecule has 1 fully saturated rings. The molecule has 2 aliphatic rings. The predicted octanol–water partition coefficient (Wildman–Crippen LogP) is 4.59. The van der Waals surface area contributed by atoms with Crippen LogP contribution in [0.4, 0.5) is 5.69 Å². The molecule has 2 aromatic carbocycles. The predicted molar refractivity (Wildman–Crippen MR) is 90.9 cm³/mol. The van der Waals surface area contributed by atoms with Gasteiger partial charge in [0.2, 0.25) is 0 Å². The number of anilines is 1. The molecule has 0 saturated carbocycles. The van der Waals surface area contributed by atoms with Gasteiger partial charge in [-0.25, -0.2) is 0 Å². The molecule has 4 rings (SSSR count). The third-order valence-corrected chi connectivity index (χ3v) is 5.26. The fraction of sp³-hybridized carbons (Fsp3) is 0.400. The molecule has 2 aliphatic heterocycles. The number of rotatable bonds is 2. The SMILES string of the molecule is COc1ccc2c(c1)N1CCCC[C@@H]1C[C@@H]2c1ccccc1. The Morgan fingerprint density at radius 2 is 1.91 bits per heavy atom. The van der Waals surface area contributed by atoms with E-state index in [-0.39, 0.29) is 0 Å². The summed E-state index contributed by atoms with van der Waals surface area (Å²) in [6.45, 7) is 1.19. The molecular formula is C20H23NO. The van der Waals surface area contributed by atoms with Crippen molar-refractivity contribution < 1.29 is 4.74 Å². The van der Waals surface area contributed by atoms with Crippen molar-refractivity contribution in [1.29, 1.82) is 0 Å². The van der Waals surface area contributed by atoms with Gasteiger partial charge in [0.15, 0.2) is 0 Å². The van der Waals surface area contributed by atoms with Gasteiger partial charge in [0.25, 0.3) is 0 Å². The van der Waals surface area contributed by atoms with Crippen LogP contribution in [0.5, 0.6) is 5.75 Å². The van der Waals surface area contributed by atoms with Crippen LogP contribution in [-0.2, 0) is 0 Å². The Kier molecular flexibility index (Phi) is 3.53. The van der Waals surface area contributed by atoms with Crippen LogP contribution in [0.3, 0.4) is 0 Å². The summed E-state index contributed by atoms with van der Waals surface area (Å²) in [5.74, 6) is 1.48. The van der Waals surface area contributed by atoms with Gasteiger partial charge in [0.1, 0.15) is 5.75 Å². The first-order valence-corrected chi connectivity index (χ1v) is 8.36. The van der Waals surface area contributed by atoms with Crippen LogP contribution < -0.4 is 9.64 Å². The Morgan fingerprint density at radius 1 is 1.05 bits per heavy atom. The van der Waals surface area contributed by atoms with Crippen LogP contribution in [0.25, 0.3) is 0 Å². The summed E-state index contributed by atoms with van der Waals surface area (Å²) in [4.78, 5) is 2.63. The van der Waals surface area contributed by atoms with Gasteiger partial charge >= 0.3 is 0 Å². The molecule has 1 saturated heterocycles. The van der Waals surface area contributed by atoms with Gasteiger partial charge in [-0.05, 0) is 42.9 Å². The molecule has 2 atom stereocenters. The van der Waals surface area contributed by atoms with Gasteiger partial charge in [-0.2, -0.15) is 0 Å². The molecule has 0 aromatic heterocycles. The van der Waals surface area contributed by atoms with Gasteiger partial charge in [0, 0.05) is 30.3 Å². The summed E-state index contributed by atoms with van der Waals surface area (Å²) in [5, 5.41) is 0. The van der Waals surface area contributed by atoms with E-state index < -0.39 is 0 Å². The van der Waals surface area contributed by atoms with Gasteiger partial charge < -0.3 is 9.64 Å². The van der Waals surface area contributed by atoms with Crippen molar-refractivity contribution >= 4 is 5.69 Å². The monoisotopic (exact) mass is 293 g/mol. The lowest BCUT2D eigenvalue weighted by atomic mass is 9.78. The van der Waals surface area contributed by atoms with E-state index in [9.17, 15) is 0 Å². The standard InChI is InChI=1S/C20H23NO/c1-22-17-10-11-18-19(15-7-3-2-4-8-15)13-16-9-5-6-12-21(16)20(18)14-17/h2-4,7-8,10-11,14,16,19H,5-6,9,12-13H2,1H3/t16-,19-/m1/s1. The Morgan fingerprint density at radius 3 is 2.73 bits per heavy atom. The Bertz CT molecular complexity index is 652. The third-order valence-electron chi connectivity index (χ3n) is 5.26. The van der Waals surface area contributed by atoms with E-state index >= 15 is 0 Å². The average Bonchev–Trinajstić information content (AvgIpc) is 2.61. The lowest BCUT2D eigenvalue weighted by molar-refractivity contribution is 0.398. The zero-order valence-electron chi connectivity index (χ0n) is 13.2. The number of nitrogens with zero attached hydrogens (tertiary/aromatic N) is 1. The van der Waals surface area contributed by atoms with E-state index in [0.717, 1.165) is 5.75 Å². The van der Waals surface area contributed by atoms with E-state index in [0.29, 0.717) is 12.0 Å². The summed E-state index contributed by atoms with van der Waals surface area (Å²) in [7, 11) is 1.76. The Balaban J connectivity index is 1.82. The molecule has 0 bridgehead atoms. The number of piperidine rings is 1. The van der Waals surface area contributed by atoms with Crippen LogP contribution in [0.1, 0.15) is 42.7 Å². The van der Waals surface area contributed by atoms with Gasteiger partial charge in [-0.1, -0.05) is 36.4 Å². The lowest BCUT2D eigenvalue weighted by Crippen LogP contribution is -2.44. The molecule has 0 N–H and O–H groups in total. The average molecular weight is 293 g/mol. The minimum Gasteiger partial charge on any atom is -0.497 e. The normalized spacial score (nSPS) is 23.6. The summed E-state index contributed by atoms with van der Waals surface area (Å²) >= 11 is 0. The van der Waals surface area contributed by atoms with Crippen LogP contribution in [-0.4, -0.2) is 19.7 Å². The number of fused-ring (bicyclic) bond motifs is 3. The number of hydrogen-bond donors (Lipinski definition) is 0. The maximum Gasteiger partial charge on any atom is 0.120 e. The first-order chi connectivity index (χ1) is 10.9. The van der Waals surface area contributed by atoms with E-state index in [1.807, 2.05) is 0 Å². The molecule has 22 heavy (non-hydrogen) atoms. The van der Waals surface area contributed by atoms with E-state index in [1.54, 1.807) is 7.11 Å². The molecule has 0 amide bonds. The topological polar surface area (TPSA) is 12.5 Å². The van der Waals surface area contributed by atoms with Crippen molar-refractivity contribution in [3.63, 3.8) is 0 Å². The largest absolute Gasteiger partial charge is 0.497 e. The van der Waals surface area contributed by atoms with E-state index in [1.165, 1.54) is 49.0 Å². The highest BCUT2D eigenvalue weighted by Gasteiger charge is 2.34. The smallest absolute Gasteiger partial charge is 0.120 e. The number of benzene rings is 2. The molecule has 0 aliphatic carbocycles. The fourth-order valence-electron chi connectivity index (χ4n) is 4.16. The maximum atomic E-state index is 5.47. The Labute approximate surface area is 132 Å². The van der Waals surface area contributed by atoms with Crippen molar-refractivity contribution in [2.45, 2.75) is 37.6 Å². The minimum absolute atomic E-state index is 0.515. The molecule has 2 heterocycles. The maximum absolute atomic E-state index is 5.47. The first kappa shape index (κ1) is 13.7. The summed E-state index contributed by atoms with van der Waals surface area (Å²) < 4.78 is 5.47. The summed E-state index contributed by atoms with van der Waals surface area (Å²) in [6, 6.07) is 18.3. The molecule has 2 aromatic rings. The number of ether oxygens (including phenoxy) is 1. The highest BCUT2D eigenvalue weighted by atomic mass is 16.5. The molecule has 0 unspecified atom stereocenters. The molecular weight excluding hydrogens is 270 g/mol. The molecule has 0 spiro atoms. The number of methoxy groups -OCH3 is 1. The zero-order valence-corrected chi connectivity index (χ0v) is 13.2. The molecule has 0 radical (unpaired) electrons. The van der Waals surface area contributed by atoms with Crippen LogP contribution in [0, 0.1) is 0 Å². The van der Waals surface area contributed by atoms with Crippen molar-refractivity contribution in [1.82, 2.24) is 0 Å². The van der Waals surface area contributed by atoms with Crippen molar-refractivity contribution in [3.8, 4) is 5.75 Å². The van der Waals surface area contributed by atoms with Gasteiger partial charge in [0.05, 0.1) is 7.11 Å². The van der Waals surface area contributed by atoms with Crippen LogP contribution in [0.2, 0.25) is 0 Å². The molecule has 114 valence electrons. The fourth-order valence-corrected chi connectivity index (χ4v) is 4.16. The van der Waals surface area contributed by atoms with Crippen molar-refractivity contribution in [2.75, 3.05) is 18.6 Å².